The Labute approximate surface area is 139 Å². The molecule has 0 aromatic carbocycles. The third-order valence-corrected chi connectivity index (χ3v) is 5.10. The molecule has 0 N–H and O–H groups in total. The predicted octanol–water partition coefficient (Wildman–Crippen LogP) is 3.12. The van der Waals surface area contributed by atoms with Crippen molar-refractivity contribution in [3.05, 3.63) is 27.8 Å². The number of nitrogens with zero attached hydrogens (tertiary/aromatic N) is 4. The fraction of sp³-hybridized carbons (Fsp3) is 0.625. The highest BCUT2D eigenvalue weighted by molar-refractivity contribution is 7.09. The van der Waals surface area contributed by atoms with E-state index in [2.05, 4.69) is 22.0 Å². The quantitative estimate of drug-likeness (QED) is 0.840. The van der Waals surface area contributed by atoms with E-state index in [1.54, 1.807) is 11.3 Å². The zero-order valence-corrected chi connectivity index (χ0v) is 14.6. The Bertz CT molecular complexity index is 679. The summed E-state index contributed by atoms with van der Waals surface area (Å²) >= 11 is 1.62. The van der Waals surface area contributed by atoms with E-state index in [0.717, 1.165) is 36.5 Å². The van der Waals surface area contributed by atoms with Gasteiger partial charge in [-0.15, -0.1) is 11.3 Å². The second-order valence-corrected chi connectivity index (χ2v) is 7.10. The lowest BCUT2D eigenvalue weighted by molar-refractivity contribution is -0.131. The van der Waals surface area contributed by atoms with Crippen LogP contribution in [0.4, 0.5) is 0 Å². The molecule has 3 rings (SSSR count). The van der Waals surface area contributed by atoms with E-state index in [9.17, 15) is 4.79 Å². The second kappa shape index (κ2) is 6.78. The first-order chi connectivity index (χ1) is 11.1. The molecule has 0 saturated carbocycles. The average Bonchev–Trinajstić information content (AvgIpc) is 3.26. The van der Waals surface area contributed by atoms with E-state index in [1.807, 2.05) is 24.1 Å². The number of hydrogen-bond acceptors (Lipinski definition) is 6. The van der Waals surface area contributed by atoms with Crippen LogP contribution in [0.2, 0.25) is 0 Å². The summed E-state index contributed by atoms with van der Waals surface area (Å²) in [6.07, 6.45) is 3.12. The van der Waals surface area contributed by atoms with Gasteiger partial charge in [-0.1, -0.05) is 25.9 Å². The normalized spacial score (nSPS) is 18.1. The summed E-state index contributed by atoms with van der Waals surface area (Å²) in [5.41, 5.74) is 0.860. The number of likely N-dealkylation sites (tertiary alicyclic amines) is 1. The molecule has 0 bridgehead atoms. The summed E-state index contributed by atoms with van der Waals surface area (Å²) in [5, 5.41) is 7.14. The Morgan fingerprint density at radius 1 is 1.48 bits per heavy atom. The molecule has 23 heavy (non-hydrogen) atoms. The van der Waals surface area contributed by atoms with E-state index < -0.39 is 0 Å². The van der Waals surface area contributed by atoms with Crippen molar-refractivity contribution in [2.45, 2.75) is 58.4 Å². The number of carbonyl (C=O) groups is 1. The number of rotatable bonds is 5. The van der Waals surface area contributed by atoms with Crippen molar-refractivity contribution in [1.29, 1.82) is 0 Å². The second-order valence-electron chi connectivity index (χ2n) is 6.15. The first-order valence-electron chi connectivity index (χ1n) is 8.14. The van der Waals surface area contributed by atoms with E-state index in [0.29, 0.717) is 18.1 Å². The Balaban J connectivity index is 1.71. The van der Waals surface area contributed by atoms with Crippen LogP contribution in [-0.4, -0.2) is 32.5 Å². The fourth-order valence-electron chi connectivity index (χ4n) is 2.80. The molecule has 124 valence electrons. The molecular formula is C16H22N4O2S. The van der Waals surface area contributed by atoms with Gasteiger partial charge in [0.2, 0.25) is 11.8 Å². The summed E-state index contributed by atoms with van der Waals surface area (Å²) in [6, 6.07) is -0.0666. The molecule has 7 heteroatoms. The van der Waals surface area contributed by atoms with Crippen molar-refractivity contribution in [3.8, 4) is 0 Å². The molecular weight excluding hydrogens is 312 g/mol. The van der Waals surface area contributed by atoms with Gasteiger partial charge in [-0.25, -0.2) is 4.98 Å². The van der Waals surface area contributed by atoms with Crippen LogP contribution >= 0.6 is 11.3 Å². The number of thiazole rings is 1. The minimum atomic E-state index is -0.0666. The van der Waals surface area contributed by atoms with Gasteiger partial charge in [0.25, 0.3) is 0 Å². The van der Waals surface area contributed by atoms with Crippen molar-refractivity contribution in [3.63, 3.8) is 0 Å². The molecule has 0 spiro atoms. The van der Waals surface area contributed by atoms with Gasteiger partial charge < -0.3 is 9.42 Å². The zero-order chi connectivity index (χ0) is 16.4. The maximum atomic E-state index is 12.6. The molecule has 1 atom stereocenters. The van der Waals surface area contributed by atoms with Gasteiger partial charge in [0.15, 0.2) is 5.82 Å². The lowest BCUT2D eigenvalue weighted by atomic mass is 10.2. The first-order valence-corrected chi connectivity index (χ1v) is 9.02. The lowest BCUT2D eigenvalue weighted by Crippen LogP contribution is -2.32. The van der Waals surface area contributed by atoms with Gasteiger partial charge in [0.1, 0.15) is 0 Å². The molecule has 0 radical (unpaired) electrons. The highest BCUT2D eigenvalue weighted by atomic mass is 32.1. The minimum absolute atomic E-state index is 0.0666. The molecule has 1 aliphatic heterocycles. The van der Waals surface area contributed by atoms with Crippen molar-refractivity contribution in [1.82, 2.24) is 20.0 Å². The highest BCUT2D eigenvalue weighted by Crippen LogP contribution is 2.31. The highest BCUT2D eigenvalue weighted by Gasteiger charge is 2.33. The summed E-state index contributed by atoms with van der Waals surface area (Å²) in [6.45, 7) is 6.86. The van der Waals surface area contributed by atoms with Crippen molar-refractivity contribution in [2.24, 2.45) is 0 Å². The van der Waals surface area contributed by atoms with Gasteiger partial charge in [-0.05, 0) is 19.3 Å². The molecule has 1 amide bonds. The van der Waals surface area contributed by atoms with Crippen LogP contribution < -0.4 is 0 Å². The average molecular weight is 334 g/mol. The number of carbonyl (C=O) groups excluding carboxylic acids is 1. The van der Waals surface area contributed by atoms with Crippen LogP contribution in [0.25, 0.3) is 0 Å². The summed E-state index contributed by atoms with van der Waals surface area (Å²) in [7, 11) is 0. The van der Waals surface area contributed by atoms with Gasteiger partial charge in [-0.2, -0.15) is 4.98 Å². The van der Waals surface area contributed by atoms with Gasteiger partial charge in [0.05, 0.1) is 23.2 Å². The minimum Gasteiger partial charge on any atom is -0.339 e. The maximum Gasteiger partial charge on any atom is 0.229 e. The summed E-state index contributed by atoms with van der Waals surface area (Å²) < 4.78 is 5.29. The molecule has 1 saturated heterocycles. The van der Waals surface area contributed by atoms with Crippen LogP contribution in [0.15, 0.2) is 9.90 Å². The largest absolute Gasteiger partial charge is 0.339 e. The number of hydrogen-bond donors (Lipinski definition) is 0. The van der Waals surface area contributed by atoms with E-state index >= 15 is 0 Å². The smallest absolute Gasteiger partial charge is 0.229 e. The first kappa shape index (κ1) is 16.1. The lowest BCUT2D eigenvalue weighted by Gasteiger charge is -2.21. The Morgan fingerprint density at radius 2 is 2.30 bits per heavy atom. The Hall–Kier alpha value is -1.76. The molecule has 2 aromatic rings. The van der Waals surface area contributed by atoms with E-state index in [-0.39, 0.29) is 17.9 Å². The van der Waals surface area contributed by atoms with Crippen LogP contribution in [-0.2, 0) is 17.6 Å². The van der Waals surface area contributed by atoms with Gasteiger partial charge in [-0.3, -0.25) is 4.79 Å². The zero-order valence-electron chi connectivity index (χ0n) is 13.8. The molecule has 1 aliphatic rings. The van der Waals surface area contributed by atoms with Gasteiger partial charge >= 0.3 is 0 Å². The van der Waals surface area contributed by atoms with Crippen LogP contribution in [0.3, 0.4) is 0 Å². The number of aromatic nitrogens is 3. The Morgan fingerprint density at radius 3 is 2.96 bits per heavy atom. The topological polar surface area (TPSA) is 72.1 Å². The van der Waals surface area contributed by atoms with Crippen LogP contribution in [0.1, 0.15) is 68.0 Å². The van der Waals surface area contributed by atoms with Gasteiger partial charge in [0, 0.05) is 17.8 Å². The predicted molar refractivity (Wildman–Crippen MR) is 87.3 cm³/mol. The SMILES string of the molecule is CCc1nc(CC(=O)N2CCC[C@@H]2c2noc(C(C)C)n2)cs1. The third kappa shape index (κ3) is 3.44. The van der Waals surface area contributed by atoms with E-state index in [1.165, 1.54) is 0 Å². The molecule has 0 aliphatic carbocycles. The molecule has 1 fully saturated rings. The fourth-order valence-corrected chi connectivity index (χ4v) is 3.54. The monoisotopic (exact) mass is 334 g/mol. The van der Waals surface area contributed by atoms with E-state index in [4.69, 9.17) is 4.52 Å². The molecule has 6 nitrogen and oxygen atoms in total. The van der Waals surface area contributed by atoms with Crippen LogP contribution in [0, 0.1) is 0 Å². The maximum absolute atomic E-state index is 12.6. The standard InChI is InChI=1S/C16H22N4O2S/c1-4-13-17-11(9-23-13)8-14(21)20-7-5-6-12(20)15-18-16(10(2)3)22-19-15/h9-10,12H,4-8H2,1-3H3/t12-/m1/s1. The van der Waals surface area contributed by atoms with Crippen molar-refractivity contribution >= 4 is 17.2 Å². The molecule has 2 aromatic heterocycles. The van der Waals surface area contributed by atoms with Crippen molar-refractivity contribution in [2.75, 3.05) is 6.54 Å². The third-order valence-electron chi connectivity index (χ3n) is 4.06. The number of aryl methyl sites for hydroxylation is 1. The summed E-state index contributed by atoms with van der Waals surface area (Å²) in [4.78, 5) is 23.5. The number of amides is 1. The Kier molecular flexibility index (Phi) is 4.75. The molecule has 3 heterocycles. The molecule has 0 unspecified atom stereocenters. The van der Waals surface area contributed by atoms with Crippen molar-refractivity contribution < 1.29 is 9.32 Å². The summed E-state index contributed by atoms with van der Waals surface area (Å²) in [5.74, 6) is 1.55. The van der Waals surface area contributed by atoms with Crippen LogP contribution in [0.5, 0.6) is 0 Å².